The number of rotatable bonds is 4. The molecule has 4 nitrogen and oxygen atoms in total. The number of halogens is 1. The minimum Gasteiger partial charge on any atom is -0.337 e. The summed E-state index contributed by atoms with van der Waals surface area (Å²) in [6.07, 6.45) is 0.657. The van der Waals surface area contributed by atoms with Crippen molar-refractivity contribution >= 4 is 15.9 Å². The second-order valence-electron chi connectivity index (χ2n) is 4.66. The van der Waals surface area contributed by atoms with E-state index in [1.165, 1.54) is 0 Å². The number of nitrogens with zero attached hydrogens (tertiary/aromatic N) is 2. The van der Waals surface area contributed by atoms with Gasteiger partial charge in [-0.15, -0.1) is 0 Å². The number of nitrogens with one attached hydrogen (secondary N) is 1. The summed E-state index contributed by atoms with van der Waals surface area (Å²) < 4.78 is 6.35. The molecule has 2 rings (SSSR count). The Bertz CT molecular complexity index is 537. The van der Waals surface area contributed by atoms with Crippen LogP contribution in [-0.4, -0.2) is 17.2 Å². The number of aromatic nitrogens is 2. The standard InChI is InChI=1S/C13H16BrN3O/c1-13(2,15-3)12-16-11(17-18-12)8-9-6-4-5-7-10(9)14/h4-7,15H,8H2,1-3H3. The third kappa shape index (κ3) is 2.79. The SMILES string of the molecule is CNC(C)(C)c1nc(Cc2ccccc2Br)no1. The lowest BCUT2D eigenvalue weighted by molar-refractivity contribution is 0.279. The molecule has 1 aromatic heterocycles. The van der Waals surface area contributed by atoms with Gasteiger partial charge in [0, 0.05) is 10.9 Å². The molecule has 0 fully saturated rings. The highest BCUT2D eigenvalue weighted by Gasteiger charge is 2.25. The van der Waals surface area contributed by atoms with Crippen molar-refractivity contribution < 1.29 is 4.52 Å². The largest absolute Gasteiger partial charge is 0.337 e. The maximum atomic E-state index is 5.29. The maximum Gasteiger partial charge on any atom is 0.246 e. The summed E-state index contributed by atoms with van der Waals surface area (Å²) in [6, 6.07) is 8.04. The first-order valence-corrected chi connectivity index (χ1v) is 6.57. The third-order valence-electron chi connectivity index (χ3n) is 2.93. The predicted octanol–water partition coefficient (Wildman–Crippen LogP) is 2.88. The number of benzene rings is 1. The van der Waals surface area contributed by atoms with E-state index in [1.54, 1.807) is 0 Å². The van der Waals surface area contributed by atoms with Crippen LogP contribution in [0.1, 0.15) is 31.1 Å². The maximum absolute atomic E-state index is 5.29. The van der Waals surface area contributed by atoms with Crippen molar-refractivity contribution in [1.82, 2.24) is 15.5 Å². The van der Waals surface area contributed by atoms with Crippen LogP contribution < -0.4 is 5.32 Å². The van der Waals surface area contributed by atoms with Crippen LogP contribution in [0.15, 0.2) is 33.3 Å². The second kappa shape index (κ2) is 5.20. The van der Waals surface area contributed by atoms with Crippen molar-refractivity contribution in [2.24, 2.45) is 0 Å². The molecule has 0 radical (unpaired) electrons. The lowest BCUT2D eigenvalue weighted by Crippen LogP contribution is -2.33. The van der Waals surface area contributed by atoms with Crippen LogP contribution in [0.2, 0.25) is 0 Å². The normalized spacial score (nSPS) is 11.8. The van der Waals surface area contributed by atoms with E-state index in [2.05, 4.69) is 31.4 Å². The molecule has 1 N–H and O–H groups in total. The molecule has 0 bridgehead atoms. The fraction of sp³-hybridized carbons (Fsp3) is 0.385. The lowest BCUT2D eigenvalue weighted by atomic mass is 10.1. The van der Waals surface area contributed by atoms with Crippen molar-refractivity contribution in [1.29, 1.82) is 0 Å². The molecule has 0 unspecified atom stereocenters. The minimum atomic E-state index is -0.306. The van der Waals surface area contributed by atoms with Gasteiger partial charge < -0.3 is 9.84 Å². The number of hydrogen-bond donors (Lipinski definition) is 1. The van der Waals surface area contributed by atoms with Gasteiger partial charge in [0.25, 0.3) is 0 Å². The van der Waals surface area contributed by atoms with Gasteiger partial charge in [0.15, 0.2) is 5.82 Å². The van der Waals surface area contributed by atoms with Gasteiger partial charge in [0.1, 0.15) is 0 Å². The van der Waals surface area contributed by atoms with Crippen LogP contribution in [0, 0.1) is 0 Å². The Balaban J connectivity index is 2.20. The minimum absolute atomic E-state index is 0.306. The Labute approximate surface area is 115 Å². The Kier molecular flexibility index (Phi) is 3.82. The third-order valence-corrected chi connectivity index (χ3v) is 3.71. The van der Waals surface area contributed by atoms with E-state index in [-0.39, 0.29) is 5.54 Å². The first-order chi connectivity index (χ1) is 8.53. The lowest BCUT2D eigenvalue weighted by Gasteiger charge is -2.17. The summed E-state index contributed by atoms with van der Waals surface area (Å²) in [7, 11) is 1.87. The van der Waals surface area contributed by atoms with E-state index in [4.69, 9.17) is 4.52 Å². The zero-order valence-corrected chi connectivity index (χ0v) is 12.3. The second-order valence-corrected chi connectivity index (χ2v) is 5.51. The van der Waals surface area contributed by atoms with Gasteiger partial charge in [-0.2, -0.15) is 4.98 Å². The molecule has 0 spiro atoms. The average Bonchev–Trinajstić information content (AvgIpc) is 2.81. The van der Waals surface area contributed by atoms with Gasteiger partial charge in [0.2, 0.25) is 5.89 Å². The Morgan fingerprint density at radius 3 is 2.72 bits per heavy atom. The zero-order chi connectivity index (χ0) is 13.2. The molecular formula is C13H16BrN3O. The van der Waals surface area contributed by atoms with Gasteiger partial charge in [0.05, 0.1) is 5.54 Å². The van der Waals surface area contributed by atoms with Gasteiger partial charge in [-0.25, -0.2) is 0 Å². The molecule has 0 saturated carbocycles. The first-order valence-electron chi connectivity index (χ1n) is 5.78. The average molecular weight is 310 g/mol. The van der Waals surface area contributed by atoms with Gasteiger partial charge in [-0.05, 0) is 32.5 Å². The van der Waals surface area contributed by atoms with Gasteiger partial charge in [-0.1, -0.05) is 39.3 Å². The van der Waals surface area contributed by atoms with Crippen molar-refractivity contribution in [3.05, 3.63) is 46.0 Å². The fourth-order valence-corrected chi connectivity index (χ4v) is 1.92. The van der Waals surface area contributed by atoms with E-state index in [0.717, 1.165) is 10.0 Å². The predicted molar refractivity (Wildman–Crippen MR) is 73.3 cm³/mol. The fourth-order valence-electron chi connectivity index (χ4n) is 1.50. The van der Waals surface area contributed by atoms with Gasteiger partial charge >= 0.3 is 0 Å². The molecule has 5 heteroatoms. The summed E-state index contributed by atoms with van der Waals surface area (Å²) in [5.41, 5.74) is 0.839. The van der Waals surface area contributed by atoms with Crippen molar-refractivity contribution in [3.63, 3.8) is 0 Å². The quantitative estimate of drug-likeness (QED) is 0.943. The summed E-state index contributed by atoms with van der Waals surface area (Å²) in [4.78, 5) is 4.43. The Hall–Kier alpha value is -1.20. The molecule has 0 atom stereocenters. The summed E-state index contributed by atoms with van der Waals surface area (Å²) in [6.45, 7) is 4.01. The van der Waals surface area contributed by atoms with Crippen LogP contribution in [0.3, 0.4) is 0 Å². The first kappa shape index (κ1) is 13.2. The topological polar surface area (TPSA) is 51.0 Å². The Morgan fingerprint density at radius 1 is 1.33 bits per heavy atom. The molecule has 0 aliphatic carbocycles. The summed E-state index contributed by atoms with van der Waals surface area (Å²) in [5.74, 6) is 1.30. The molecule has 18 heavy (non-hydrogen) atoms. The highest BCUT2D eigenvalue weighted by molar-refractivity contribution is 9.10. The van der Waals surface area contributed by atoms with E-state index in [1.807, 2.05) is 45.2 Å². The van der Waals surface area contributed by atoms with Crippen LogP contribution in [0.5, 0.6) is 0 Å². The molecular weight excluding hydrogens is 294 g/mol. The smallest absolute Gasteiger partial charge is 0.246 e. The molecule has 0 amide bonds. The molecule has 1 aromatic carbocycles. The summed E-state index contributed by atoms with van der Waals surface area (Å²) in [5, 5.41) is 7.16. The molecule has 0 saturated heterocycles. The molecule has 2 aromatic rings. The van der Waals surface area contributed by atoms with Crippen LogP contribution in [0.4, 0.5) is 0 Å². The number of hydrogen-bond acceptors (Lipinski definition) is 4. The van der Waals surface area contributed by atoms with E-state index >= 15 is 0 Å². The van der Waals surface area contributed by atoms with E-state index in [0.29, 0.717) is 18.1 Å². The molecule has 0 aliphatic heterocycles. The van der Waals surface area contributed by atoms with Crippen molar-refractivity contribution in [3.8, 4) is 0 Å². The zero-order valence-electron chi connectivity index (χ0n) is 10.7. The Morgan fingerprint density at radius 2 is 2.06 bits per heavy atom. The van der Waals surface area contributed by atoms with Crippen molar-refractivity contribution in [2.75, 3.05) is 7.05 Å². The molecule has 96 valence electrons. The van der Waals surface area contributed by atoms with Crippen LogP contribution in [-0.2, 0) is 12.0 Å². The van der Waals surface area contributed by atoms with Crippen LogP contribution >= 0.6 is 15.9 Å². The van der Waals surface area contributed by atoms with Gasteiger partial charge in [-0.3, -0.25) is 0 Å². The monoisotopic (exact) mass is 309 g/mol. The van der Waals surface area contributed by atoms with Crippen LogP contribution in [0.25, 0.3) is 0 Å². The highest BCUT2D eigenvalue weighted by atomic mass is 79.9. The van der Waals surface area contributed by atoms with E-state index < -0.39 is 0 Å². The van der Waals surface area contributed by atoms with Crippen molar-refractivity contribution in [2.45, 2.75) is 25.8 Å². The molecule has 0 aliphatic rings. The molecule has 1 heterocycles. The van der Waals surface area contributed by atoms with E-state index in [9.17, 15) is 0 Å². The highest BCUT2D eigenvalue weighted by Crippen LogP contribution is 2.21. The summed E-state index contributed by atoms with van der Waals surface area (Å²) >= 11 is 3.52.